The molecular weight excluding hydrogens is 495 g/mol. The average Bonchev–Trinajstić information content (AvgIpc) is 3.24. The van der Waals surface area contributed by atoms with Crippen molar-refractivity contribution in [3.05, 3.63) is 48.0 Å². The van der Waals surface area contributed by atoms with Crippen molar-refractivity contribution in [2.24, 2.45) is 4.99 Å². The first-order valence-electron chi connectivity index (χ1n) is 10.4. The normalized spacial score (nSPS) is 11.2. The molecule has 1 aromatic heterocycles. The van der Waals surface area contributed by atoms with Gasteiger partial charge in [0, 0.05) is 19.7 Å². The zero-order chi connectivity index (χ0) is 20.6. The molecule has 0 fully saturated rings. The molecule has 0 atom stereocenters. The highest BCUT2D eigenvalue weighted by atomic mass is 127. The molecule has 0 aliphatic carbocycles. The molecule has 9 heteroatoms. The van der Waals surface area contributed by atoms with Crippen LogP contribution in [0.2, 0.25) is 0 Å². The largest absolute Gasteiger partial charge is 0.379 e. The molecule has 0 saturated carbocycles. The number of benzene rings is 1. The Hall–Kier alpha value is -1.72. The second kappa shape index (κ2) is 17.0. The summed E-state index contributed by atoms with van der Waals surface area (Å²) in [6.45, 7) is 9.74. The van der Waals surface area contributed by atoms with Gasteiger partial charge < -0.3 is 20.1 Å². The van der Waals surface area contributed by atoms with Gasteiger partial charge in [-0.05, 0) is 24.5 Å². The number of rotatable bonds is 14. The van der Waals surface area contributed by atoms with Crippen molar-refractivity contribution in [2.45, 2.75) is 39.8 Å². The van der Waals surface area contributed by atoms with Crippen LogP contribution in [0.3, 0.4) is 0 Å². The predicted molar refractivity (Wildman–Crippen MR) is 130 cm³/mol. The molecule has 0 aliphatic rings. The van der Waals surface area contributed by atoms with E-state index in [9.17, 15) is 0 Å². The fraction of sp³-hybridized carbons (Fsp3) is 0.571. The monoisotopic (exact) mass is 530 g/mol. The number of hydrogen-bond donors (Lipinski definition) is 2. The van der Waals surface area contributed by atoms with Crippen molar-refractivity contribution in [1.82, 2.24) is 25.4 Å². The first-order chi connectivity index (χ1) is 14.3. The highest BCUT2D eigenvalue weighted by Crippen LogP contribution is 2.08. The van der Waals surface area contributed by atoms with Crippen LogP contribution in [0.4, 0.5) is 0 Å². The second-order valence-electron chi connectivity index (χ2n) is 6.61. The van der Waals surface area contributed by atoms with E-state index in [4.69, 9.17) is 9.47 Å². The fourth-order valence-corrected chi connectivity index (χ4v) is 2.65. The maximum atomic E-state index is 5.59. The number of halogens is 1. The van der Waals surface area contributed by atoms with Gasteiger partial charge >= 0.3 is 0 Å². The Bertz CT molecular complexity index is 697. The number of nitrogens with one attached hydrogen (secondary N) is 2. The molecule has 0 saturated heterocycles. The lowest BCUT2D eigenvalue weighted by molar-refractivity contribution is 0.0487. The van der Waals surface area contributed by atoms with Crippen molar-refractivity contribution in [2.75, 3.05) is 39.5 Å². The van der Waals surface area contributed by atoms with Crippen LogP contribution in [-0.4, -0.2) is 60.2 Å². The van der Waals surface area contributed by atoms with E-state index in [0.717, 1.165) is 37.5 Å². The lowest BCUT2D eigenvalue weighted by atomic mass is 10.1. The SMILES string of the molecule is CCCCOCCOCCNC(=NCc1cccc(Cn2cncn2)c1)NCC.I. The maximum Gasteiger partial charge on any atom is 0.191 e. The lowest BCUT2D eigenvalue weighted by Gasteiger charge is -2.12. The van der Waals surface area contributed by atoms with Crippen LogP contribution in [-0.2, 0) is 22.6 Å². The van der Waals surface area contributed by atoms with Crippen LogP contribution in [0, 0.1) is 0 Å². The summed E-state index contributed by atoms with van der Waals surface area (Å²) in [4.78, 5) is 8.65. The van der Waals surface area contributed by atoms with Crippen molar-refractivity contribution >= 4 is 29.9 Å². The summed E-state index contributed by atoms with van der Waals surface area (Å²) in [7, 11) is 0. The van der Waals surface area contributed by atoms with E-state index in [1.54, 1.807) is 12.7 Å². The minimum Gasteiger partial charge on any atom is -0.379 e. The third-order valence-electron chi connectivity index (χ3n) is 4.12. The molecule has 30 heavy (non-hydrogen) atoms. The Morgan fingerprint density at radius 3 is 2.60 bits per heavy atom. The highest BCUT2D eigenvalue weighted by molar-refractivity contribution is 14.0. The van der Waals surface area contributed by atoms with E-state index < -0.39 is 0 Å². The number of unbranched alkanes of at least 4 members (excludes halogenated alkanes) is 1. The highest BCUT2D eigenvalue weighted by Gasteiger charge is 2.00. The number of aromatic nitrogens is 3. The maximum absolute atomic E-state index is 5.59. The summed E-state index contributed by atoms with van der Waals surface area (Å²) in [5, 5.41) is 10.7. The Kier molecular flexibility index (Phi) is 14.9. The Labute approximate surface area is 196 Å². The smallest absolute Gasteiger partial charge is 0.191 e. The van der Waals surface area contributed by atoms with Gasteiger partial charge in [-0.1, -0.05) is 37.6 Å². The van der Waals surface area contributed by atoms with Crippen LogP contribution in [0.1, 0.15) is 37.8 Å². The second-order valence-corrected chi connectivity index (χ2v) is 6.61. The van der Waals surface area contributed by atoms with E-state index in [-0.39, 0.29) is 24.0 Å². The van der Waals surface area contributed by atoms with Gasteiger partial charge in [0.2, 0.25) is 0 Å². The molecule has 0 unspecified atom stereocenters. The standard InChI is InChI=1S/C21H34N6O2.HI/c1-3-5-10-28-12-13-29-11-9-24-21(23-4-2)25-15-19-7-6-8-20(14-19)16-27-18-22-17-26-27;/h6-8,14,17-18H,3-5,9-13,15-16H2,1-2H3,(H2,23,24,25);1H. The number of guanidine groups is 1. The molecule has 0 radical (unpaired) electrons. The summed E-state index contributed by atoms with van der Waals surface area (Å²) in [5.74, 6) is 0.789. The molecule has 2 N–H and O–H groups in total. The van der Waals surface area contributed by atoms with Gasteiger partial charge in [0.15, 0.2) is 5.96 Å². The number of aliphatic imine (C=N–C) groups is 1. The van der Waals surface area contributed by atoms with Crippen LogP contribution in [0.5, 0.6) is 0 Å². The topological polar surface area (TPSA) is 85.6 Å². The third-order valence-corrected chi connectivity index (χ3v) is 4.12. The molecule has 8 nitrogen and oxygen atoms in total. The van der Waals surface area contributed by atoms with Gasteiger partial charge in [-0.15, -0.1) is 24.0 Å². The Morgan fingerprint density at radius 2 is 1.87 bits per heavy atom. The zero-order valence-corrected chi connectivity index (χ0v) is 20.4. The van der Waals surface area contributed by atoms with Crippen molar-refractivity contribution in [1.29, 1.82) is 0 Å². The van der Waals surface area contributed by atoms with Gasteiger partial charge in [0.05, 0.1) is 32.9 Å². The van der Waals surface area contributed by atoms with Gasteiger partial charge in [0.25, 0.3) is 0 Å². The molecule has 1 heterocycles. The zero-order valence-electron chi connectivity index (χ0n) is 18.0. The van der Waals surface area contributed by atoms with Crippen LogP contribution in [0.15, 0.2) is 41.9 Å². The predicted octanol–water partition coefficient (Wildman–Crippen LogP) is 2.83. The van der Waals surface area contributed by atoms with Gasteiger partial charge in [-0.2, -0.15) is 5.10 Å². The molecule has 0 bridgehead atoms. The summed E-state index contributed by atoms with van der Waals surface area (Å²) in [5.41, 5.74) is 2.33. The van der Waals surface area contributed by atoms with Crippen molar-refractivity contribution < 1.29 is 9.47 Å². The molecule has 2 rings (SSSR count). The Morgan fingerprint density at radius 1 is 1.07 bits per heavy atom. The molecule has 0 amide bonds. The van der Waals surface area contributed by atoms with Crippen molar-refractivity contribution in [3.63, 3.8) is 0 Å². The van der Waals surface area contributed by atoms with E-state index in [1.165, 1.54) is 5.56 Å². The third kappa shape index (κ3) is 11.5. The lowest BCUT2D eigenvalue weighted by Crippen LogP contribution is -2.39. The van der Waals surface area contributed by atoms with Gasteiger partial charge in [-0.3, -0.25) is 0 Å². The Balaban J connectivity index is 0.00000450. The number of ether oxygens (including phenoxy) is 2. The van der Waals surface area contributed by atoms with E-state index in [2.05, 4.69) is 57.8 Å². The molecule has 2 aromatic rings. The first kappa shape index (κ1) is 26.3. The molecule has 168 valence electrons. The average molecular weight is 530 g/mol. The summed E-state index contributed by atoms with van der Waals surface area (Å²) in [6.07, 6.45) is 5.53. The summed E-state index contributed by atoms with van der Waals surface area (Å²) >= 11 is 0. The van der Waals surface area contributed by atoms with Gasteiger partial charge in [0.1, 0.15) is 12.7 Å². The van der Waals surface area contributed by atoms with Crippen LogP contribution in [0.25, 0.3) is 0 Å². The van der Waals surface area contributed by atoms with Crippen LogP contribution >= 0.6 is 24.0 Å². The first-order valence-corrected chi connectivity index (χ1v) is 10.4. The quantitative estimate of drug-likeness (QED) is 0.169. The summed E-state index contributed by atoms with van der Waals surface area (Å²) < 4.78 is 12.9. The summed E-state index contributed by atoms with van der Waals surface area (Å²) in [6, 6.07) is 8.37. The van der Waals surface area contributed by atoms with Crippen LogP contribution < -0.4 is 10.6 Å². The van der Waals surface area contributed by atoms with Gasteiger partial charge in [-0.25, -0.2) is 14.7 Å². The molecule has 0 spiro atoms. The minimum atomic E-state index is 0. The van der Waals surface area contributed by atoms with E-state index in [0.29, 0.717) is 39.5 Å². The van der Waals surface area contributed by atoms with Crippen molar-refractivity contribution in [3.8, 4) is 0 Å². The van der Waals surface area contributed by atoms with E-state index >= 15 is 0 Å². The minimum absolute atomic E-state index is 0. The molecule has 0 aliphatic heterocycles. The fourth-order valence-electron chi connectivity index (χ4n) is 2.65. The molecule has 1 aromatic carbocycles. The number of nitrogens with zero attached hydrogens (tertiary/aromatic N) is 4. The number of hydrogen-bond acceptors (Lipinski definition) is 5. The van der Waals surface area contributed by atoms with E-state index in [1.807, 2.05) is 10.7 Å². The molecular formula is C21H35IN6O2.